The fourth-order valence-corrected chi connectivity index (χ4v) is 5.56. The van der Waals surface area contributed by atoms with E-state index in [0.717, 1.165) is 50.6 Å². The SMILES string of the molecule is CC1(C)CC(=O)Nc2c(CCN3CCN(c4nsc5ccccc45)CC3)cccc21.Cl. The minimum atomic E-state index is -0.102. The van der Waals surface area contributed by atoms with E-state index in [4.69, 9.17) is 4.37 Å². The molecule has 5 rings (SSSR count). The number of rotatable bonds is 4. The van der Waals surface area contributed by atoms with E-state index in [-0.39, 0.29) is 23.7 Å². The van der Waals surface area contributed by atoms with Gasteiger partial charge in [0.05, 0.1) is 4.70 Å². The summed E-state index contributed by atoms with van der Waals surface area (Å²) in [6.07, 6.45) is 1.51. The number of piperazine rings is 1. The molecule has 3 heterocycles. The first kappa shape index (κ1) is 22.1. The number of anilines is 2. The van der Waals surface area contributed by atoms with Crippen LogP contribution in [0.3, 0.4) is 0 Å². The van der Waals surface area contributed by atoms with Crippen molar-refractivity contribution in [3.05, 3.63) is 53.6 Å². The predicted octanol–water partition coefficient (Wildman–Crippen LogP) is 4.70. The van der Waals surface area contributed by atoms with Crippen LogP contribution in [0.15, 0.2) is 42.5 Å². The average Bonchev–Trinajstić information content (AvgIpc) is 3.16. The van der Waals surface area contributed by atoms with Gasteiger partial charge in [-0.15, -0.1) is 12.4 Å². The van der Waals surface area contributed by atoms with Gasteiger partial charge in [-0.05, 0) is 41.2 Å². The molecule has 1 N–H and O–H groups in total. The standard InChI is InChI=1S/C24H28N4OS.ClH/c1-24(2)16-21(29)25-22-17(6-5-8-19(22)24)10-11-27-12-14-28(15-13-27)23-18-7-3-4-9-20(18)30-26-23;/h3-9H,10-16H2,1-2H3,(H,25,29);1H. The van der Waals surface area contributed by atoms with Gasteiger partial charge in [0, 0.05) is 55.6 Å². The second-order valence-electron chi connectivity index (χ2n) is 9.03. The van der Waals surface area contributed by atoms with Gasteiger partial charge < -0.3 is 10.2 Å². The number of hydrogen-bond donors (Lipinski definition) is 1. The summed E-state index contributed by atoms with van der Waals surface area (Å²) in [7, 11) is 0. The van der Waals surface area contributed by atoms with Crippen molar-refractivity contribution in [1.29, 1.82) is 0 Å². The van der Waals surface area contributed by atoms with Gasteiger partial charge in [0.1, 0.15) is 5.82 Å². The van der Waals surface area contributed by atoms with Crippen molar-refractivity contribution in [1.82, 2.24) is 9.27 Å². The Labute approximate surface area is 194 Å². The van der Waals surface area contributed by atoms with Crippen molar-refractivity contribution in [2.45, 2.75) is 32.1 Å². The molecule has 1 aromatic heterocycles. The monoisotopic (exact) mass is 456 g/mol. The normalized spacial score (nSPS) is 18.4. The number of amides is 1. The second kappa shape index (κ2) is 8.77. The molecule has 3 aromatic rings. The van der Waals surface area contributed by atoms with Gasteiger partial charge in [0.25, 0.3) is 0 Å². The molecule has 2 aliphatic heterocycles. The molecular weight excluding hydrogens is 428 g/mol. The van der Waals surface area contributed by atoms with E-state index < -0.39 is 0 Å². The van der Waals surface area contributed by atoms with Crippen LogP contribution in [0.4, 0.5) is 11.5 Å². The van der Waals surface area contributed by atoms with Crippen molar-refractivity contribution in [3.8, 4) is 0 Å². The lowest BCUT2D eigenvalue weighted by Crippen LogP contribution is -2.47. The highest BCUT2D eigenvalue weighted by Crippen LogP contribution is 2.39. The minimum Gasteiger partial charge on any atom is -0.353 e. The van der Waals surface area contributed by atoms with Crippen LogP contribution in [-0.4, -0.2) is 47.9 Å². The molecule has 0 aliphatic carbocycles. The number of fused-ring (bicyclic) bond motifs is 2. The van der Waals surface area contributed by atoms with Gasteiger partial charge in [0.2, 0.25) is 5.91 Å². The molecule has 2 aromatic carbocycles. The maximum Gasteiger partial charge on any atom is 0.225 e. The van der Waals surface area contributed by atoms with Crippen LogP contribution >= 0.6 is 23.9 Å². The van der Waals surface area contributed by atoms with Crippen molar-refractivity contribution >= 4 is 51.4 Å². The van der Waals surface area contributed by atoms with Crippen molar-refractivity contribution in [2.75, 3.05) is 42.9 Å². The topological polar surface area (TPSA) is 48.5 Å². The molecule has 31 heavy (non-hydrogen) atoms. The summed E-state index contributed by atoms with van der Waals surface area (Å²) in [6.45, 7) is 9.43. The molecular formula is C24H29ClN4OS. The summed E-state index contributed by atoms with van der Waals surface area (Å²) in [5.41, 5.74) is 3.46. The third-order valence-corrected chi connectivity index (χ3v) is 7.29. The first-order valence-electron chi connectivity index (χ1n) is 10.8. The van der Waals surface area contributed by atoms with E-state index in [2.05, 4.69) is 71.4 Å². The Morgan fingerprint density at radius 2 is 1.84 bits per heavy atom. The quantitative estimate of drug-likeness (QED) is 0.618. The summed E-state index contributed by atoms with van der Waals surface area (Å²) in [5, 5.41) is 4.41. The fraction of sp³-hybridized carbons (Fsp3) is 0.417. The lowest BCUT2D eigenvalue weighted by atomic mass is 9.77. The summed E-state index contributed by atoms with van der Waals surface area (Å²) in [5.74, 6) is 1.27. The molecule has 1 fully saturated rings. The van der Waals surface area contributed by atoms with E-state index >= 15 is 0 Å². The smallest absolute Gasteiger partial charge is 0.225 e. The average molecular weight is 457 g/mol. The third kappa shape index (κ3) is 4.29. The van der Waals surface area contributed by atoms with E-state index in [1.807, 2.05) is 0 Å². The maximum atomic E-state index is 12.2. The Bertz CT molecular complexity index is 1090. The number of hydrogen-bond acceptors (Lipinski definition) is 5. The first-order valence-corrected chi connectivity index (χ1v) is 11.5. The van der Waals surface area contributed by atoms with Crippen LogP contribution in [0.2, 0.25) is 0 Å². The van der Waals surface area contributed by atoms with Crippen LogP contribution in [0.25, 0.3) is 10.1 Å². The van der Waals surface area contributed by atoms with Gasteiger partial charge >= 0.3 is 0 Å². The van der Waals surface area contributed by atoms with Gasteiger partial charge in [-0.25, -0.2) is 0 Å². The Balaban J connectivity index is 0.00000231. The minimum absolute atomic E-state index is 0. The molecule has 164 valence electrons. The number of nitrogens with zero attached hydrogens (tertiary/aromatic N) is 3. The van der Waals surface area contributed by atoms with Crippen molar-refractivity contribution in [2.24, 2.45) is 0 Å². The van der Waals surface area contributed by atoms with Gasteiger partial charge in [-0.1, -0.05) is 44.2 Å². The van der Waals surface area contributed by atoms with Crippen molar-refractivity contribution < 1.29 is 4.79 Å². The predicted molar refractivity (Wildman–Crippen MR) is 132 cm³/mol. The van der Waals surface area contributed by atoms with Gasteiger partial charge in [-0.3, -0.25) is 9.69 Å². The molecule has 1 saturated heterocycles. The zero-order valence-corrected chi connectivity index (χ0v) is 19.7. The van der Waals surface area contributed by atoms with Crippen LogP contribution in [-0.2, 0) is 16.6 Å². The lowest BCUT2D eigenvalue weighted by Gasteiger charge is -2.36. The zero-order valence-electron chi connectivity index (χ0n) is 18.1. The van der Waals surface area contributed by atoms with Gasteiger partial charge in [0.15, 0.2) is 0 Å². The summed E-state index contributed by atoms with van der Waals surface area (Å²) in [6, 6.07) is 15.0. The number of carbonyl (C=O) groups is 1. The summed E-state index contributed by atoms with van der Waals surface area (Å²) >= 11 is 1.59. The van der Waals surface area contributed by atoms with E-state index in [0.29, 0.717) is 6.42 Å². The summed E-state index contributed by atoms with van der Waals surface area (Å²) < 4.78 is 5.97. The Kier molecular flexibility index (Phi) is 6.24. The van der Waals surface area contributed by atoms with Crippen LogP contribution < -0.4 is 10.2 Å². The summed E-state index contributed by atoms with van der Waals surface area (Å²) in [4.78, 5) is 17.2. The van der Waals surface area contributed by atoms with Crippen molar-refractivity contribution in [3.63, 3.8) is 0 Å². The van der Waals surface area contributed by atoms with E-state index in [1.54, 1.807) is 11.5 Å². The molecule has 0 spiro atoms. The number of halogens is 1. The second-order valence-corrected chi connectivity index (χ2v) is 9.83. The first-order chi connectivity index (χ1) is 14.5. The van der Waals surface area contributed by atoms with Crippen LogP contribution in [0.5, 0.6) is 0 Å². The highest BCUT2D eigenvalue weighted by molar-refractivity contribution is 7.13. The Hall–Kier alpha value is -2.15. The molecule has 0 saturated carbocycles. The van der Waals surface area contributed by atoms with Crippen LogP contribution in [0.1, 0.15) is 31.4 Å². The Morgan fingerprint density at radius 1 is 1.06 bits per heavy atom. The number of benzene rings is 2. The largest absolute Gasteiger partial charge is 0.353 e. The lowest BCUT2D eigenvalue weighted by molar-refractivity contribution is -0.117. The highest BCUT2D eigenvalue weighted by atomic mass is 35.5. The number of nitrogens with one attached hydrogen (secondary N) is 1. The molecule has 0 unspecified atom stereocenters. The number of aromatic nitrogens is 1. The molecule has 7 heteroatoms. The zero-order chi connectivity index (χ0) is 20.7. The highest BCUT2D eigenvalue weighted by Gasteiger charge is 2.33. The number of para-hydroxylation sites is 1. The maximum absolute atomic E-state index is 12.2. The molecule has 0 bridgehead atoms. The molecule has 2 aliphatic rings. The molecule has 0 atom stereocenters. The number of carbonyl (C=O) groups excluding carboxylic acids is 1. The molecule has 0 radical (unpaired) electrons. The Morgan fingerprint density at radius 3 is 2.65 bits per heavy atom. The van der Waals surface area contributed by atoms with Crippen LogP contribution in [0, 0.1) is 0 Å². The molecule has 5 nitrogen and oxygen atoms in total. The van der Waals surface area contributed by atoms with E-state index in [9.17, 15) is 4.79 Å². The third-order valence-electron chi connectivity index (χ3n) is 6.47. The van der Waals surface area contributed by atoms with E-state index in [1.165, 1.54) is 21.2 Å². The van der Waals surface area contributed by atoms with Gasteiger partial charge in [-0.2, -0.15) is 4.37 Å². The molecule has 1 amide bonds. The fourth-order valence-electron chi connectivity index (χ4n) is 4.76.